The fourth-order valence-corrected chi connectivity index (χ4v) is 5.65. The number of aromatic nitrogens is 1. The first-order valence-corrected chi connectivity index (χ1v) is 13.3. The number of pyridine rings is 1. The summed E-state index contributed by atoms with van der Waals surface area (Å²) in [5.41, 5.74) is 5.96. The Bertz CT molecular complexity index is 1400. The van der Waals surface area contributed by atoms with Crippen molar-refractivity contribution < 1.29 is 4.79 Å². The van der Waals surface area contributed by atoms with Crippen LogP contribution in [0.3, 0.4) is 0 Å². The Morgan fingerprint density at radius 2 is 1.53 bits per heavy atom. The summed E-state index contributed by atoms with van der Waals surface area (Å²) >= 11 is 6.37. The van der Waals surface area contributed by atoms with Crippen LogP contribution in [0, 0.1) is 0 Å². The molecule has 1 amide bonds. The Hall–Kier alpha value is -3.77. The molecule has 2 aliphatic heterocycles. The Labute approximate surface area is 228 Å². The van der Waals surface area contributed by atoms with Gasteiger partial charge in [0.2, 0.25) is 0 Å². The van der Waals surface area contributed by atoms with Gasteiger partial charge in [-0.3, -0.25) is 24.5 Å². The highest BCUT2D eigenvalue weighted by atomic mass is 35.5. The Balaban J connectivity index is 1.21. The summed E-state index contributed by atoms with van der Waals surface area (Å²) in [6.07, 6.45) is 5.43. The summed E-state index contributed by atoms with van der Waals surface area (Å²) < 4.78 is 0. The molecule has 3 heterocycles. The van der Waals surface area contributed by atoms with Gasteiger partial charge in [0.25, 0.3) is 5.91 Å². The van der Waals surface area contributed by atoms with Gasteiger partial charge in [-0.25, -0.2) is 0 Å². The number of rotatable bonds is 6. The highest BCUT2D eigenvalue weighted by Gasteiger charge is 2.35. The minimum absolute atomic E-state index is 0.00000281. The molecule has 0 unspecified atom stereocenters. The van der Waals surface area contributed by atoms with Crippen LogP contribution in [0.1, 0.15) is 28.3 Å². The lowest BCUT2D eigenvalue weighted by molar-refractivity contribution is -0.113. The number of amides is 1. The first-order valence-electron chi connectivity index (χ1n) is 13.0. The van der Waals surface area contributed by atoms with Crippen LogP contribution < -0.4 is 4.90 Å². The number of carbonyl (C=O) groups is 1. The minimum atomic E-state index is -0.00000281. The van der Waals surface area contributed by atoms with Crippen molar-refractivity contribution in [1.29, 1.82) is 0 Å². The lowest BCUT2D eigenvalue weighted by Crippen LogP contribution is -2.51. The van der Waals surface area contributed by atoms with Gasteiger partial charge in [-0.05, 0) is 41.0 Å². The van der Waals surface area contributed by atoms with Crippen LogP contribution >= 0.6 is 11.6 Å². The second-order valence-electron chi connectivity index (χ2n) is 9.76. The quantitative estimate of drug-likeness (QED) is 0.293. The van der Waals surface area contributed by atoms with E-state index >= 15 is 0 Å². The molecule has 0 N–H and O–H groups in total. The van der Waals surface area contributed by atoms with E-state index in [-0.39, 0.29) is 11.9 Å². The second-order valence-corrected chi connectivity index (χ2v) is 10.2. The lowest BCUT2D eigenvalue weighted by atomic mass is 9.96. The normalized spacial score (nSPS) is 17.4. The van der Waals surface area contributed by atoms with E-state index in [0.717, 1.165) is 43.0 Å². The molecule has 4 aromatic rings. The van der Waals surface area contributed by atoms with E-state index < -0.39 is 0 Å². The van der Waals surface area contributed by atoms with Crippen LogP contribution in [-0.2, 0) is 4.79 Å². The van der Waals surface area contributed by atoms with E-state index in [1.807, 2.05) is 41.3 Å². The molecule has 0 saturated carbocycles. The Kier molecular flexibility index (Phi) is 7.06. The van der Waals surface area contributed by atoms with Crippen LogP contribution in [0.15, 0.2) is 103 Å². The van der Waals surface area contributed by atoms with Crippen molar-refractivity contribution in [3.63, 3.8) is 0 Å². The molecule has 0 bridgehead atoms. The molecular formula is C32H29ClN4O. The number of piperazine rings is 1. The van der Waals surface area contributed by atoms with Crippen molar-refractivity contribution >= 4 is 34.8 Å². The molecule has 5 nitrogen and oxygen atoms in total. The summed E-state index contributed by atoms with van der Waals surface area (Å²) in [5.74, 6) is -0.00000281. The highest BCUT2D eigenvalue weighted by molar-refractivity contribution is 6.37. The summed E-state index contributed by atoms with van der Waals surface area (Å²) in [6, 6.07) is 31.2. The number of anilines is 1. The van der Waals surface area contributed by atoms with Gasteiger partial charge in [-0.1, -0.05) is 84.4 Å². The molecular weight excluding hydrogens is 492 g/mol. The Morgan fingerprint density at radius 1 is 0.842 bits per heavy atom. The zero-order valence-electron chi connectivity index (χ0n) is 21.1. The Morgan fingerprint density at radius 3 is 2.16 bits per heavy atom. The monoisotopic (exact) mass is 520 g/mol. The zero-order chi connectivity index (χ0) is 25.9. The van der Waals surface area contributed by atoms with Crippen molar-refractivity contribution in [2.24, 2.45) is 0 Å². The first kappa shape index (κ1) is 24.6. The van der Waals surface area contributed by atoms with Crippen molar-refractivity contribution in [2.45, 2.75) is 6.04 Å². The van der Waals surface area contributed by atoms with Crippen molar-refractivity contribution in [2.75, 3.05) is 37.7 Å². The van der Waals surface area contributed by atoms with E-state index in [0.29, 0.717) is 17.3 Å². The van der Waals surface area contributed by atoms with E-state index in [9.17, 15) is 4.79 Å². The molecule has 0 spiro atoms. The van der Waals surface area contributed by atoms with Gasteiger partial charge >= 0.3 is 0 Å². The zero-order valence-corrected chi connectivity index (χ0v) is 21.8. The fourth-order valence-electron chi connectivity index (χ4n) is 5.48. The molecule has 3 aromatic carbocycles. The van der Waals surface area contributed by atoms with Gasteiger partial charge in [0.05, 0.1) is 18.4 Å². The van der Waals surface area contributed by atoms with Crippen molar-refractivity contribution in [3.8, 4) is 0 Å². The van der Waals surface area contributed by atoms with E-state index in [1.165, 1.54) is 11.1 Å². The molecule has 2 aliphatic rings. The van der Waals surface area contributed by atoms with Crippen LogP contribution in [0.2, 0.25) is 5.02 Å². The third-order valence-corrected chi connectivity index (χ3v) is 7.59. The molecule has 0 aliphatic carbocycles. The number of hydrogen-bond donors (Lipinski definition) is 0. The van der Waals surface area contributed by atoms with E-state index in [2.05, 4.69) is 75.4 Å². The second kappa shape index (κ2) is 10.9. The van der Waals surface area contributed by atoms with Crippen LogP contribution in [0.5, 0.6) is 0 Å². The highest BCUT2D eigenvalue weighted by Crippen LogP contribution is 2.39. The number of hydrogen-bond acceptors (Lipinski definition) is 4. The largest absolute Gasteiger partial charge is 0.294 e. The van der Waals surface area contributed by atoms with E-state index in [1.54, 1.807) is 12.4 Å². The van der Waals surface area contributed by atoms with Gasteiger partial charge in [-0.2, -0.15) is 0 Å². The summed E-state index contributed by atoms with van der Waals surface area (Å²) in [5, 5.41) is 0.627. The van der Waals surface area contributed by atoms with Crippen LogP contribution in [0.4, 0.5) is 5.69 Å². The van der Waals surface area contributed by atoms with E-state index in [4.69, 9.17) is 11.6 Å². The van der Waals surface area contributed by atoms with Crippen molar-refractivity contribution in [1.82, 2.24) is 14.8 Å². The third-order valence-electron chi connectivity index (χ3n) is 7.36. The fraction of sp³-hybridized carbons (Fsp3) is 0.188. The maximum atomic E-state index is 13.7. The predicted molar refractivity (Wildman–Crippen MR) is 154 cm³/mol. The smallest absolute Gasteiger partial charge is 0.260 e. The molecule has 0 atom stereocenters. The number of benzene rings is 3. The topological polar surface area (TPSA) is 39.7 Å². The number of carbonyl (C=O) groups excluding carboxylic acids is 1. The molecule has 38 heavy (non-hydrogen) atoms. The number of nitrogens with zero attached hydrogens (tertiary/aromatic N) is 4. The van der Waals surface area contributed by atoms with Gasteiger partial charge in [0.1, 0.15) is 0 Å². The molecule has 6 rings (SSSR count). The first-order chi connectivity index (χ1) is 18.7. The average Bonchev–Trinajstić information content (AvgIpc) is 3.21. The maximum absolute atomic E-state index is 13.7. The molecule has 1 fully saturated rings. The van der Waals surface area contributed by atoms with Gasteiger partial charge in [0, 0.05) is 54.7 Å². The lowest BCUT2D eigenvalue weighted by Gasteiger charge is -2.40. The third kappa shape index (κ3) is 5.01. The van der Waals surface area contributed by atoms with Crippen LogP contribution in [-0.4, -0.2) is 53.5 Å². The SMILES string of the molecule is O=C1C(=Cc2cccnc2)c2ccc(Cl)cc2N1CN1CCN(C(c2ccccc2)c2ccccc2)CC1. The molecule has 190 valence electrons. The summed E-state index contributed by atoms with van der Waals surface area (Å²) in [7, 11) is 0. The number of halogens is 1. The predicted octanol–water partition coefficient (Wildman–Crippen LogP) is 5.99. The van der Waals surface area contributed by atoms with Crippen molar-refractivity contribution in [3.05, 3.63) is 131 Å². The minimum Gasteiger partial charge on any atom is -0.294 e. The van der Waals surface area contributed by atoms with Gasteiger partial charge in [-0.15, -0.1) is 0 Å². The van der Waals surface area contributed by atoms with Crippen LogP contribution in [0.25, 0.3) is 11.6 Å². The summed E-state index contributed by atoms with van der Waals surface area (Å²) in [6.45, 7) is 4.11. The average molecular weight is 521 g/mol. The number of fused-ring (bicyclic) bond motifs is 1. The summed E-state index contributed by atoms with van der Waals surface area (Å²) in [4.78, 5) is 24.6. The van der Waals surface area contributed by atoms with Gasteiger partial charge in [0.15, 0.2) is 0 Å². The standard InChI is InChI=1S/C32H29ClN4O/c33-27-13-14-28-29(20-24-8-7-15-34-22-24)32(38)37(30(28)21-27)23-35-16-18-36(19-17-35)31(25-9-3-1-4-10-25)26-11-5-2-6-12-26/h1-15,20-22,31H,16-19,23H2. The molecule has 1 saturated heterocycles. The van der Waals surface area contributed by atoms with Gasteiger partial charge < -0.3 is 0 Å². The molecule has 6 heteroatoms. The maximum Gasteiger partial charge on any atom is 0.260 e. The molecule has 1 aromatic heterocycles. The molecule has 0 radical (unpaired) electrons.